The van der Waals surface area contributed by atoms with Gasteiger partial charge in [0.1, 0.15) is 6.10 Å². The number of aliphatic hydroxyl groups excluding tert-OH is 3. The summed E-state index contributed by atoms with van der Waals surface area (Å²) in [7, 11) is 0. The second kappa shape index (κ2) is 42.3. The smallest absolute Gasteiger partial charge is 0.249 e. The van der Waals surface area contributed by atoms with E-state index in [1.54, 1.807) is 6.08 Å². The van der Waals surface area contributed by atoms with Crippen molar-refractivity contribution in [2.45, 2.75) is 250 Å². The first-order chi connectivity index (χ1) is 25.6. The van der Waals surface area contributed by atoms with Gasteiger partial charge < -0.3 is 20.6 Å². The van der Waals surface area contributed by atoms with Crippen LogP contribution in [0.1, 0.15) is 232 Å². The maximum absolute atomic E-state index is 12.4. The summed E-state index contributed by atoms with van der Waals surface area (Å²) in [6.45, 7) is 4.17. The third-order valence-electron chi connectivity index (χ3n) is 10.5. The quantitative estimate of drug-likeness (QED) is 0.0372. The van der Waals surface area contributed by atoms with Crippen LogP contribution in [0.5, 0.6) is 0 Å². The van der Waals surface area contributed by atoms with Gasteiger partial charge in [-0.1, -0.05) is 224 Å². The molecule has 0 bridgehead atoms. The van der Waals surface area contributed by atoms with E-state index in [2.05, 4.69) is 43.5 Å². The first-order valence-corrected chi connectivity index (χ1v) is 22.8. The van der Waals surface area contributed by atoms with Gasteiger partial charge in [0, 0.05) is 0 Å². The monoisotopic (exact) mass is 732 g/mol. The van der Waals surface area contributed by atoms with Crippen LogP contribution in [0.3, 0.4) is 0 Å². The van der Waals surface area contributed by atoms with Crippen LogP contribution < -0.4 is 5.32 Å². The lowest BCUT2D eigenvalue weighted by molar-refractivity contribution is -0.131. The summed E-state index contributed by atoms with van der Waals surface area (Å²) in [5.74, 6) is -0.516. The van der Waals surface area contributed by atoms with E-state index in [1.807, 2.05) is 6.08 Å². The van der Waals surface area contributed by atoms with Crippen molar-refractivity contribution < 1.29 is 20.1 Å². The summed E-state index contributed by atoms with van der Waals surface area (Å²) in [5, 5.41) is 33.1. The normalized spacial score (nSPS) is 13.9. The average molecular weight is 732 g/mol. The maximum atomic E-state index is 12.4. The molecule has 0 aromatic heterocycles. The van der Waals surface area contributed by atoms with Crippen molar-refractivity contribution in [3.63, 3.8) is 0 Å². The van der Waals surface area contributed by atoms with Gasteiger partial charge >= 0.3 is 0 Å². The molecule has 3 atom stereocenters. The molecule has 0 aliphatic carbocycles. The highest BCUT2D eigenvalue weighted by molar-refractivity contribution is 5.80. The van der Waals surface area contributed by atoms with Crippen LogP contribution >= 0.6 is 0 Å². The highest BCUT2D eigenvalue weighted by atomic mass is 16.3. The van der Waals surface area contributed by atoms with Crippen LogP contribution in [0.2, 0.25) is 0 Å². The van der Waals surface area contributed by atoms with E-state index in [0.29, 0.717) is 6.42 Å². The Bertz CT molecular complexity index is 809. The zero-order valence-electron chi connectivity index (χ0n) is 34.7. The predicted octanol–water partition coefficient (Wildman–Crippen LogP) is 13.2. The summed E-state index contributed by atoms with van der Waals surface area (Å²) in [4.78, 5) is 12.4. The van der Waals surface area contributed by atoms with E-state index >= 15 is 0 Å². The summed E-state index contributed by atoms with van der Waals surface area (Å²) < 4.78 is 0. The van der Waals surface area contributed by atoms with Gasteiger partial charge in [-0.25, -0.2) is 0 Å². The molecule has 0 radical (unpaired) electrons. The lowest BCUT2D eigenvalue weighted by Crippen LogP contribution is -2.48. The molecule has 4 N–H and O–H groups in total. The molecule has 306 valence electrons. The maximum Gasteiger partial charge on any atom is 0.249 e. The van der Waals surface area contributed by atoms with Crippen molar-refractivity contribution in [3.05, 3.63) is 36.5 Å². The van der Waals surface area contributed by atoms with Crippen molar-refractivity contribution in [3.8, 4) is 0 Å². The van der Waals surface area contributed by atoms with E-state index in [4.69, 9.17) is 0 Å². The molecule has 0 heterocycles. The van der Waals surface area contributed by atoms with E-state index in [9.17, 15) is 20.1 Å². The molecule has 52 heavy (non-hydrogen) atoms. The Morgan fingerprint density at radius 1 is 0.462 bits per heavy atom. The molecule has 0 saturated carbocycles. The van der Waals surface area contributed by atoms with E-state index in [0.717, 1.165) is 44.9 Å². The Kier molecular flexibility index (Phi) is 41.1. The van der Waals surface area contributed by atoms with Crippen molar-refractivity contribution in [2.75, 3.05) is 6.61 Å². The molecule has 1 amide bonds. The first kappa shape index (κ1) is 50.6. The summed E-state index contributed by atoms with van der Waals surface area (Å²) in [5.41, 5.74) is 0. The molecule has 0 aromatic carbocycles. The molecule has 0 rings (SSSR count). The number of unbranched alkanes of at least 4 members (excludes halogenated alkanes) is 29. The average Bonchev–Trinajstić information content (AvgIpc) is 3.15. The molecular weight excluding hydrogens is 643 g/mol. The number of carbonyl (C=O) groups is 1. The number of allylic oxidation sites excluding steroid dienone is 5. The number of hydrogen-bond acceptors (Lipinski definition) is 4. The Balaban J connectivity index is 3.70. The van der Waals surface area contributed by atoms with Gasteiger partial charge in [-0.05, 0) is 44.9 Å². The molecule has 5 nitrogen and oxygen atoms in total. The van der Waals surface area contributed by atoms with Crippen LogP contribution in [0.25, 0.3) is 0 Å². The van der Waals surface area contributed by atoms with E-state index in [-0.39, 0.29) is 6.61 Å². The van der Waals surface area contributed by atoms with Gasteiger partial charge in [0.2, 0.25) is 5.91 Å². The predicted molar refractivity (Wildman–Crippen MR) is 227 cm³/mol. The highest BCUT2D eigenvalue weighted by Crippen LogP contribution is 2.15. The molecular formula is C47H89NO4. The number of amides is 1. The zero-order chi connectivity index (χ0) is 38.0. The number of rotatable bonds is 41. The fourth-order valence-electron chi connectivity index (χ4n) is 6.86. The molecule has 0 aliphatic rings. The van der Waals surface area contributed by atoms with Crippen molar-refractivity contribution in [1.29, 1.82) is 0 Å². The van der Waals surface area contributed by atoms with Gasteiger partial charge in [-0.3, -0.25) is 4.79 Å². The molecule has 3 unspecified atom stereocenters. The molecule has 5 heteroatoms. The highest BCUT2D eigenvalue weighted by Gasteiger charge is 2.22. The summed E-state index contributed by atoms with van der Waals surface area (Å²) in [6.07, 6.45) is 53.3. The molecule has 0 aliphatic heterocycles. The SMILES string of the molecule is CCCCCCCCCCCCCCCCC/C=C/CC/C=C/CC/C=C/C(O)C(CO)NC(=O)C(O)CCCCCCCCCCCCCCC. The first-order valence-electron chi connectivity index (χ1n) is 22.8. The van der Waals surface area contributed by atoms with E-state index in [1.165, 1.54) is 167 Å². The van der Waals surface area contributed by atoms with Crippen molar-refractivity contribution in [1.82, 2.24) is 5.32 Å². The minimum atomic E-state index is -1.10. The standard InChI is InChI=1S/C47H89NO4/c1-3-5-7-9-11-13-15-17-18-19-20-21-22-23-24-25-26-27-28-30-31-33-35-37-39-41-45(50)44(43-49)48-47(52)46(51)42-40-38-36-34-32-29-16-14-12-10-8-6-4-2/h26-27,31,33,39,41,44-46,49-51H,3-25,28-30,32,34-38,40,42-43H2,1-2H3,(H,48,52)/b27-26+,33-31+,41-39+. The Labute approximate surface area is 324 Å². The largest absolute Gasteiger partial charge is 0.394 e. The number of nitrogens with one attached hydrogen (secondary N) is 1. The third-order valence-corrected chi connectivity index (χ3v) is 10.5. The number of hydrogen-bond donors (Lipinski definition) is 4. The van der Waals surface area contributed by atoms with Crippen molar-refractivity contribution in [2.24, 2.45) is 0 Å². The van der Waals surface area contributed by atoms with Gasteiger partial charge in [0.15, 0.2) is 0 Å². The molecule has 0 fully saturated rings. The van der Waals surface area contributed by atoms with Crippen LogP contribution in [-0.4, -0.2) is 46.1 Å². The lowest BCUT2D eigenvalue weighted by atomic mass is 10.0. The van der Waals surface area contributed by atoms with Gasteiger partial charge in [0.25, 0.3) is 0 Å². The second-order valence-corrected chi connectivity index (χ2v) is 15.6. The Morgan fingerprint density at radius 2 is 0.788 bits per heavy atom. The minimum absolute atomic E-state index is 0.379. The minimum Gasteiger partial charge on any atom is -0.394 e. The van der Waals surface area contributed by atoms with Crippen LogP contribution in [0.4, 0.5) is 0 Å². The van der Waals surface area contributed by atoms with E-state index < -0.39 is 24.2 Å². The lowest BCUT2D eigenvalue weighted by Gasteiger charge is -2.21. The summed E-state index contributed by atoms with van der Waals surface area (Å²) >= 11 is 0. The molecule has 0 aromatic rings. The van der Waals surface area contributed by atoms with Crippen LogP contribution in [0, 0.1) is 0 Å². The Hall–Kier alpha value is -1.43. The van der Waals surface area contributed by atoms with Gasteiger partial charge in [0.05, 0.1) is 18.8 Å². The molecule has 0 spiro atoms. The fourth-order valence-corrected chi connectivity index (χ4v) is 6.86. The number of aliphatic hydroxyl groups is 3. The molecule has 0 saturated heterocycles. The van der Waals surface area contributed by atoms with Crippen molar-refractivity contribution >= 4 is 5.91 Å². The Morgan fingerprint density at radius 3 is 1.17 bits per heavy atom. The summed E-state index contributed by atoms with van der Waals surface area (Å²) in [6, 6.07) is -0.818. The zero-order valence-corrected chi connectivity index (χ0v) is 34.7. The number of carbonyl (C=O) groups excluding carboxylic acids is 1. The second-order valence-electron chi connectivity index (χ2n) is 15.6. The third kappa shape index (κ3) is 36.9. The van der Waals surface area contributed by atoms with Gasteiger partial charge in [-0.15, -0.1) is 0 Å². The van der Waals surface area contributed by atoms with Crippen LogP contribution in [0.15, 0.2) is 36.5 Å². The fraction of sp³-hybridized carbons (Fsp3) is 0.851. The van der Waals surface area contributed by atoms with Gasteiger partial charge in [-0.2, -0.15) is 0 Å². The topological polar surface area (TPSA) is 89.8 Å². The van der Waals surface area contributed by atoms with Crippen LogP contribution in [-0.2, 0) is 4.79 Å².